The van der Waals surface area contributed by atoms with Crippen LogP contribution < -0.4 is 10.0 Å². The van der Waals surface area contributed by atoms with Gasteiger partial charge in [-0.05, 0) is 5.56 Å². The second-order valence-corrected chi connectivity index (χ2v) is 6.15. The van der Waals surface area contributed by atoms with E-state index >= 15 is 0 Å². The van der Waals surface area contributed by atoms with E-state index in [4.69, 9.17) is 0 Å². The maximum absolute atomic E-state index is 11.7. The highest BCUT2D eigenvalue weighted by Gasteiger charge is 2.08. The quantitative estimate of drug-likeness (QED) is 0.779. The van der Waals surface area contributed by atoms with Gasteiger partial charge in [0.15, 0.2) is 5.82 Å². The van der Waals surface area contributed by atoms with Gasteiger partial charge in [-0.15, -0.1) is 5.10 Å². The molecule has 0 bridgehead atoms. The van der Waals surface area contributed by atoms with E-state index in [1.54, 1.807) is 0 Å². The zero-order valence-corrected chi connectivity index (χ0v) is 12.2. The van der Waals surface area contributed by atoms with Gasteiger partial charge in [-0.2, -0.15) is 9.90 Å². The zero-order chi connectivity index (χ0) is 15.3. The lowest BCUT2D eigenvalue weighted by atomic mass is 10.2. The van der Waals surface area contributed by atoms with Crippen molar-refractivity contribution in [2.24, 2.45) is 0 Å². The number of sulfonamides is 1. The van der Waals surface area contributed by atoms with Gasteiger partial charge in [0, 0.05) is 6.54 Å². The molecule has 0 atom stereocenters. The van der Waals surface area contributed by atoms with Crippen LogP contribution in [0.25, 0.3) is 0 Å². The van der Waals surface area contributed by atoms with Crippen molar-refractivity contribution in [2.75, 3.05) is 11.0 Å². The Bertz CT molecular complexity index is 712. The molecule has 2 aromatic rings. The Labute approximate surface area is 122 Å². The van der Waals surface area contributed by atoms with Gasteiger partial charge in [0.2, 0.25) is 15.9 Å². The third-order valence-electron chi connectivity index (χ3n) is 2.44. The minimum absolute atomic E-state index is 0.0772. The summed E-state index contributed by atoms with van der Waals surface area (Å²) < 4.78 is 24.2. The maximum atomic E-state index is 11.7. The minimum Gasteiger partial charge on any atom is -0.350 e. The molecule has 0 aliphatic carbocycles. The van der Waals surface area contributed by atoms with Gasteiger partial charge in [0.25, 0.3) is 0 Å². The van der Waals surface area contributed by atoms with Crippen molar-refractivity contribution in [1.29, 1.82) is 0 Å². The fourth-order valence-corrected chi connectivity index (χ4v) is 2.06. The van der Waals surface area contributed by atoms with Gasteiger partial charge in [0.05, 0.1) is 12.5 Å². The van der Waals surface area contributed by atoms with E-state index < -0.39 is 10.0 Å². The van der Waals surface area contributed by atoms with Crippen LogP contribution in [-0.2, 0) is 27.9 Å². The SMILES string of the molecule is CS(=O)(=O)Nc1cnn(CC(=O)NCc2ccccc2)n1. The summed E-state index contributed by atoms with van der Waals surface area (Å²) in [7, 11) is -3.40. The fraction of sp³-hybridized carbons (Fsp3) is 0.250. The number of amides is 1. The normalized spacial score (nSPS) is 11.1. The standard InChI is InChI=1S/C12H15N5O3S/c1-21(19,20)16-11-8-14-17(15-11)9-12(18)13-7-10-5-3-2-4-6-10/h2-6,8H,7,9H2,1H3,(H,13,18)(H,15,16). The van der Waals surface area contributed by atoms with Gasteiger partial charge >= 0.3 is 0 Å². The average Bonchev–Trinajstić information content (AvgIpc) is 2.82. The first-order valence-corrected chi connectivity index (χ1v) is 8.00. The molecule has 1 aromatic carbocycles. The van der Waals surface area contributed by atoms with Gasteiger partial charge in [-0.1, -0.05) is 30.3 Å². The first-order chi connectivity index (χ1) is 9.92. The molecule has 0 saturated carbocycles. The molecule has 1 aromatic heterocycles. The van der Waals surface area contributed by atoms with Crippen molar-refractivity contribution in [1.82, 2.24) is 20.3 Å². The molecule has 0 saturated heterocycles. The van der Waals surface area contributed by atoms with Crippen molar-refractivity contribution in [3.63, 3.8) is 0 Å². The van der Waals surface area contributed by atoms with E-state index in [2.05, 4.69) is 20.2 Å². The third-order valence-corrected chi connectivity index (χ3v) is 3.02. The Morgan fingerprint density at radius 2 is 2.00 bits per heavy atom. The Balaban J connectivity index is 1.85. The lowest BCUT2D eigenvalue weighted by Crippen LogP contribution is -2.28. The molecule has 2 rings (SSSR count). The summed E-state index contributed by atoms with van der Waals surface area (Å²) in [5.41, 5.74) is 0.985. The van der Waals surface area contributed by atoms with Gasteiger partial charge < -0.3 is 5.32 Å². The van der Waals surface area contributed by atoms with E-state index in [-0.39, 0.29) is 18.3 Å². The molecule has 8 nitrogen and oxygen atoms in total. The first kappa shape index (κ1) is 15.0. The summed E-state index contributed by atoms with van der Waals surface area (Å²) in [6, 6.07) is 9.48. The molecule has 0 unspecified atom stereocenters. The maximum Gasteiger partial charge on any atom is 0.243 e. The van der Waals surface area contributed by atoms with Crippen LogP contribution in [0.15, 0.2) is 36.5 Å². The van der Waals surface area contributed by atoms with Crippen molar-refractivity contribution in [3.05, 3.63) is 42.1 Å². The van der Waals surface area contributed by atoms with Crippen molar-refractivity contribution < 1.29 is 13.2 Å². The van der Waals surface area contributed by atoms with Crippen LogP contribution in [0.3, 0.4) is 0 Å². The molecule has 0 aliphatic rings. The molecule has 1 amide bonds. The first-order valence-electron chi connectivity index (χ1n) is 6.11. The van der Waals surface area contributed by atoms with Gasteiger partial charge in [0.1, 0.15) is 6.54 Å². The number of anilines is 1. The summed E-state index contributed by atoms with van der Waals surface area (Å²) >= 11 is 0. The Kier molecular flexibility index (Phi) is 4.53. The lowest BCUT2D eigenvalue weighted by Gasteiger charge is -2.04. The Hall–Kier alpha value is -2.42. The number of carbonyl (C=O) groups is 1. The molecule has 1 heterocycles. The predicted molar refractivity (Wildman–Crippen MR) is 76.8 cm³/mol. The number of rotatable bonds is 6. The second-order valence-electron chi connectivity index (χ2n) is 4.40. The molecular weight excluding hydrogens is 294 g/mol. The highest BCUT2D eigenvalue weighted by Crippen LogP contribution is 2.01. The molecule has 9 heteroatoms. The summed E-state index contributed by atoms with van der Waals surface area (Å²) in [5, 5.41) is 10.4. The van der Waals surface area contributed by atoms with E-state index in [9.17, 15) is 13.2 Å². The summed E-state index contributed by atoms with van der Waals surface area (Å²) in [4.78, 5) is 12.8. The molecule has 0 aliphatic heterocycles. The molecule has 0 fully saturated rings. The van der Waals surface area contributed by atoms with Gasteiger partial charge in [-0.25, -0.2) is 8.42 Å². The smallest absolute Gasteiger partial charge is 0.243 e. The fourth-order valence-electron chi connectivity index (χ4n) is 1.59. The largest absolute Gasteiger partial charge is 0.350 e. The highest BCUT2D eigenvalue weighted by atomic mass is 32.2. The topological polar surface area (TPSA) is 106 Å². The van der Waals surface area contributed by atoms with Crippen molar-refractivity contribution in [2.45, 2.75) is 13.1 Å². The highest BCUT2D eigenvalue weighted by molar-refractivity contribution is 7.92. The van der Waals surface area contributed by atoms with E-state index in [0.29, 0.717) is 6.54 Å². The molecule has 0 spiro atoms. The molecule has 21 heavy (non-hydrogen) atoms. The number of hydrogen-bond acceptors (Lipinski definition) is 5. The molecular formula is C12H15N5O3S. The lowest BCUT2D eigenvalue weighted by molar-refractivity contribution is -0.122. The van der Waals surface area contributed by atoms with Crippen LogP contribution in [0.5, 0.6) is 0 Å². The number of nitrogens with one attached hydrogen (secondary N) is 2. The Morgan fingerprint density at radius 3 is 2.67 bits per heavy atom. The number of nitrogens with zero attached hydrogens (tertiary/aromatic N) is 3. The van der Waals surface area contributed by atoms with Gasteiger partial charge in [-0.3, -0.25) is 9.52 Å². The van der Waals surface area contributed by atoms with E-state index in [0.717, 1.165) is 16.6 Å². The molecule has 0 radical (unpaired) electrons. The number of hydrogen-bond donors (Lipinski definition) is 2. The summed E-state index contributed by atoms with van der Waals surface area (Å²) in [6.07, 6.45) is 2.25. The Morgan fingerprint density at radius 1 is 1.29 bits per heavy atom. The van der Waals surface area contributed by atoms with E-state index in [1.807, 2.05) is 30.3 Å². The van der Waals surface area contributed by atoms with Crippen LogP contribution in [0.2, 0.25) is 0 Å². The minimum atomic E-state index is -3.40. The van der Waals surface area contributed by atoms with Crippen molar-refractivity contribution in [3.8, 4) is 0 Å². The summed E-state index contributed by atoms with van der Waals surface area (Å²) in [5.74, 6) is -0.186. The summed E-state index contributed by atoms with van der Waals surface area (Å²) in [6.45, 7) is 0.327. The van der Waals surface area contributed by atoms with E-state index in [1.165, 1.54) is 6.20 Å². The number of benzene rings is 1. The van der Waals surface area contributed by atoms with Crippen LogP contribution in [-0.4, -0.2) is 35.6 Å². The monoisotopic (exact) mass is 309 g/mol. The van der Waals surface area contributed by atoms with Crippen LogP contribution in [0.1, 0.15) is 5.56 Å². The van der Waals surface area contributed by atoms with Crippen molar-refractivity contribution >= 4 is 21.7 Å². The number of aromatic nitrogens is 3. The van der Waals surface area contributed by atoms with Crippen LogP contribution >= 0.6 is 0 Å². The number of carbonyl (C=O) groups excluding carboxylic acids is 1. The zero-order valence-electron chi connectivity index (χ0n) is 11.4. The van der Waals surface area contributed by atoms with Crippen LogP contribution in [0.4, 0.5) is 5.82 Å². The van der Waals surface area contributed by atoms with Crippen LogP contribution in [0, 0.1) is 0 Å². The second kappa shape index (κ2) is 6.35. The third kappa shape index (κ3) is 5.22. The average molecular weight is 309 g/mol. The molecule has 2 N–H and O–H groups in total. The molecule has 112 valence electrons. The predicted octanol–water partition coefficient (Wildman–Crippen LogP) is -0.0340.